The Hall–Kier alpha value is -3.46. The van der Waals surface area contributed by atoms with Gasteiger partial charge in [0, 0.05) is 25.2 Å². The second-order valence-electron chi connectivity index (χ2n) is 8.77. The molecular formula is C26H32N4O6S. The fraction of sp³-hybridized carbons (Fsp3) is 0.423. The topological polar surface area (TPSA) is 129 Å². The number of likely N-dealkylation sites (N-methyl/N-ethyl adjacent to an activating group) is 1. The molecule has 0 aliphatic carbocycles. The van der Waals surface area contributed by atoms with Crippen molar-refractivity contribution < 1.29 is 27.5 Å². The van der Waals surface area contributed by atoms with Gasteiger partial charge in [0.1, 0.15) is 10.6 Å². The fourth-order valence-electron chi connectivity index (χ4n) is 4.38. The first-order chi connectivity index (χ1) is 17.7. The van der Waals surface area contributed by atoms with Crippen LogP contribution in [0.5, 0.6) is 5.75 Å². The predicted molar refractivity (Wildman–Crippen MR) is 137 cm³/mol. The minimum Gasteiger partial charge on any atom is -0.495 e. The lowest BCUT2D eigenvalue weighted by atomic mass is 9.91. The molecule has 0 aromatic heterocycles. The molecular weight excluding hydrogens is 496 g/mol. The minimum absolute atomic E-state index is 0.117. The number of benzene rings is 2. The second-order valence-corrected chi connectivity index (χ2v) is 10.5. The summed E-state index contributed by atoms with van der Waals surface area (Å²) in [4.78, 5) is 29.6. The molecule has 0 saturated heterocycles. The highest BCUT2D eigenvalue weighted by Crippen LogP contribution is 2.37. The first-order valence-corrected chi connectivity index (χ1v) is 13.4. The van der Waals surface area contributed by atoms with E-state index >= 15 is 0 Å². The summed E-state index contributed by atoms with van der Waals surface area (Å²) in [5.74, 6) is -0.961. The van der Waals surface area contributed by atoms with Crippen LogP contribution in [0.2, 0.25) is 0 Å². The number of ether oxygens (including phenoxy) is 2. The van der Waals surface area contributed by atoms with Gasteiger partial charge in [-0.3, -0.25) is 4.79 Å². The normalized spacial score (nSPS) is 15.1. The van der Waals surface area contributed by atoms with Gasteiger partial charge in [0.2, 0.25) is 10.0 Å². The number of carbonyl (C=O) groups is 2. The van der Waals surface area contributed by atoms with Crippen LogP contribution in [-0.4, -0.2) is 77.5 Å². The Bertz CT molecular complexity index is 1290. The van der Waals surface area contributed by atoms with E-state index in [1.165, 1.54) is 49.5 Å². The highest BCUT2D eigenvalue weighted by molar-refractivity contribution is 7.89. The Morgan fingerprint density at radius 3 is 2.49 bits per heavy atom. The number of nitrogens with one attached hydrogen (secondary N) is 1. The molecule has 2 aromatic carbocycles. The summed E-state index contributed by atoms with van der Waals surface area (Å²) in [5, 5.41) is 9.04. The molecule has 2 aromatic rings. The Balaban J connectivity index is 1.99. The maximum Gasteiger partial charge on any atom is 0.333 e. The van der Waals surface area contributed by atoms with Gasteiger partial charge in [-0.2, -0.15) is 5.26 Å². The number of nitriles is 1. The van der Waals surface area contributed by atoms with E-state index in [1.54, 1.807) is 6.07 Å². The third-order valence-corrected chi connectivity index (χ3v) is 7.76. The van der Waals surface area contributed by atoms with E-state index in [1.807, 2.05) is 24.9 Å². The highest BCUT2D eigenvalue weighted by Gasteiger charge is 2.39. The van der Waals surface area contributed by atoms with E-state index in [-0.39, 0.29) is 23.7 Å². The van der Waals surface area contributed by atoms with Crippen LogP contribution in [0.3, 0.4) is 0 Å². The van der Waals surface area contributed by atoms with E-state index < -0.39 is 27.9 Å². The van der Waals surface area contributed by atoms with Crippen LogP contribution >= 0.6 is 0 Å². The number of esters is 1. The van der Waals surface area contributed by atoms with Gasteiger partial charge >= 0.3 is 5.97 Å². The number of hydrogen-bond donors (Lipinski definition) is 1. The van der Waals surface area contributed by atoms with Gasteiger partial charge in [0.05, 0.1) is 25.9 Å². The molecule has 1 aliphatic rings. The number of hydrogen-bond acceptors (Lipinski definition) is 8. The lowest BCUT2D eigenvalue weighted by Crippen LogP contribution is -2.44. The number of amides is 1. The molecule has 3 rings (SSSR count). The van der Waals surface area contributed by atoms with Crippen molar-refractivity contribution in [3.8, 4) is 11.8 Å². The summed E-state index contributed by atoms with van der Waals surface area (Å²) in [6, 6.07) is 9.95. The number of nitrogens with zero attached hydrogens (tertiary/aromatic N) is 3. The quantitative estimate of drug-likeness (QED) is 0.464. The molecule has 10 nitrogen and oxygen atoms in total. The molecule has 1 unspecified atom stereocenters. The van der Waals surface area contributed by atoms with Crippen molar-refractivity contribution in [3.05, 3.63) is 58.7 Å². The van der Waals surface area contributed by atoms with Gasteiger partial charge < -0.3 is 19.3 Å². The molecule has 198 valence electrons. The van der Waals surface area contributed by atoms with Crippen molar-refractivity contribution in [2.45, 2.75) is 30.7 Å². The van der Waals surface area contributed by atoms with Crippen LogP contribution in [0, 0.1) is 11.3 Å². The predicted octanol–water partition coefficient (Wildman–Crippen LogP) is 2.10. The van der Waals surface area contributed by atoms with Crippen molar-refractivity contribution >= 4 is 21.9 Å². The van der Waals surface area contributed by atoms with E-state index in [2.05, 4.69) is 4.72 Å². The second kappa shape index (κ2) is 12.2. The van der Waals surface area contributed by atoms with Crippen molar-refractivity contribution in [1.29, 1.82) is 5.26 Å². The summed E-state index contributed by atoms with van der Waals surface area (Å²) < 4.78 is 39.5. The monoisotopic (exact) mass is 528 g/mol. The molecule has 1 amide bonds. The van der Waals surface area contributed by atoms with Gasteiger partial charge in [-0.25, -0.2) is 17.9 Å². The van der Waals surface area contributed by atoms with E-state index in [9.17, 15) is 18.0 Å². The zero-order valence-electron chi connectivity index (χ0n) is 21.5. The van der Waals surface area contributed by atoms with Gasteiger partial charge in [0.25, 0.3) is 5.91 Å². The molecule has 0 spiro atoms. The van der Waals surface area contributed by atoms with Crippen LogP contribution < -0.4 is 9.46 Å². The Morgan fingerprint density at radius 1 is 1.19 bits per heavy atom. The molecule has 1 N–H and O–H groups in total. The molecule has 0 bridgehead atoms. The van der Waals surface area contributed by atoms with Crippen molar-refractivity contribution in [2.75, 3.05) is 47.4 Å². The first kappa shape index (κ1) is 28.1. The third-order valence-electron chi connectivity index (χ3n) is 6.28. The number of sulfonamides is 1. The fourth-order valence-corrected chi connectivity index (χ4v) is 5.58. The summed E-state index contributed by atoms with van der Waals surface area (Å²) in [6.07, 6.45) is 1.34. The minimum atomic E-state index is -3.99. The van der Waals surface area contributed by atoms with Crippen LogP contribution in [0.4, 0.5) is 0 Å². The zero-order chi connectivity index (χ0) is 27.2. The molecule has 11 heteroatoms. The maximum absolute atomic E-state index is 13.4. The maximum atomic E-state index is 13.4. The zero-order valence-corrected chi connectivity index (χ0v) is 22.3. The van der Waals surface area contributed by atoms with E-state index in [0.717, 1.165) is 13.0 Å². The lowest BCUT2D eigenvalue weighted by molar-refractivity contribution is -0.146. The Kier molecular flexibility index (Phi) is 9.26. The van der Waals surface area contributed by atoms with Crippen LogP contribution in [0.25, 0.3) is 0 Å². The van der Waals surface area contributed by atoms with E-state index in [4.69, 9.17) is 14.7 Å². The van der Waals surface area contributed by atoms with Crippen LogP contribution in [0.15, 0.2) is 41.3 Å². The molecule has 1 heterocycles. The Morgan fingerprint density at radius 2 is 1.89 bits per heavy atom. The van der Waals surface area contributed by atoms with Crippen LogP contribution in [-0.2, 0) is 26.0 Å². The van der Waals surface area contributed by atoms with E-state index in [0.29, 0.717) is 35.2 Å². The van der Waals surface area contributed by atoms with Crippen molar-refractivity contribution in [2.24, 2.45) is 0 Å². The first-order valence-electron chi connectivity index (χ1n) is 11.9. The SMILES string of the molecule is CCCN(C)CCNS(=O)(=O)c1cc2c(cc1OC)CCN(C(=O)c1ccc(C#N)cc1)C2C(=O)OC. The van der Waals surface area contributed by atoms with Gasteiger partial charge in [-0.1, -0.05) is 6.92 Å². The average Bonchev–Trinajstić information content (AvgIpc) is 2.90. The van der Waals surface area contributed by atoms with Gasteiger partial charge in [0.15, 0.2) is 6.04 Å². The molecule has 0 radical (unpaired) electrons. The van der Waals surface area contributed by atoms with Crippen LogP contribution in [0.1, 0.15) is 46.4 Å². The number of methoxy groups -OCH3 is 2. The number of rotatable bonds is 10. The largest absolute Gasteiger partial charge is 0.495 e. The number of fused-ring (bicyclic) bond motifs is 1. The molecule has 1 aliphatic heterocycles. The summed E-state index contributed by atoms with van der Waals surface area (Å²) in [5.41, 5.74) is 1.76. The summed E-state index contributed by atoms with van der Waals surface area (Å²) in [7, 11) is 0.531. The summed E-state index contributed by atoms with van der Waals surface area (Å²) >= 11 is 0. The summed E-state index contributed by atoms with van der Waals surface area (Å²) in [6.45, 7) is 3.82. The van der Waals surface area contributed by atoms with Gasteiger partial charge in [-0.15, -0.1) is 0 Å². The molecule has 0 saturated carbocycles. The smallest absolute Gasteiger partial charge is 0.333 e. The third kappa shape index (κ3) is 6.28. The molecule has 1 atom stereocenters. The Labute approximate surface area is 217 Å². The standard InChI is InChI=1S/C26H32N4O6S/c1-5-12-29(2)14-11-28-37(33,34)23-16-21-20(15-22(23)35-3)10-13-30(24(21)26(32)36-4)25(31)19-8-6-18(17-27)7-9-19/h6-9,15-16,24,28H,5,10-14H2,1-4H3. The lowest BCUT2D eigenvalue weighted by Gasteiger charge is -2.36. The average molecular weight is 529 g/mol. The molecule has 0 fully saturated rings. The van der Waals surface area contributed by atoms with Gasteiger partial charge in [-0.05, 0) is 74.0 Å². The van der Waals surface area contributed by atoms with Crippen molar-refractivity contribution in [3.63, 3.8) is 0 Å². The molecule has 37 heavy (non-hydrogen) atoms. The highest BCUT2D eigenvalue weighted by atomic mass is 32.2. The number of carbonyl (C=O) groups excluding carboxylic acids is 2. The van der Waals surface area contributed by atoms with Crippen molar-refractivity contribution in [1.82, 2.24) is 14.5 Å².